The molecule has 78 valence electrons. The van der Waals surface area contributed by atoms with Gasteiger partial charge in [-0.2, -0.15) is 0 Å². The van der Waals surface area contributed by atoms with Gasteiger partial charge in [-0.1, -0.05) is 12.1 Å². The van der Waals surface area contributed by atoms with Crippen LogP contribution in [0.3, 0.4) is 0 Å². The van der Waals surface area contributed by atoms with Gasteiger partial charge in [0.25, 0.3) is 0 Å². The topological polar surface area (TPSA) is 38.0 Å². The predicted octanol–water partition coefficient (Wildman–Crippen LogP) is 1.57. The van der Waals surface area contributed by atoms with Crippen molar-refractivity contribution in [3.63, 3.8) is 0 Å². The normalized spacial score (nSPS) is 10.5. The number of aryl methyl sites for hydroxylation is 1. The monoisotopic (exact) mass is 196 g/mol. The van der Waals surface area contributed by atoms with Crippen LogP contribution in [0, 0.1) is 12.7 Å². The van der Waals surface area contributed by atoms with E-state index >= 15 is 0 Å². The molecule has 0 radical (unpaired) electrons. The van der Waals surface area contributed by atoms with Gasteiger partial charge in [-0.25, -0.2) is 4.39 Å². The summed E-state index contributed by atoms with van der Waals surface area (Å²) in [7, 11) is 0. The van der Waals surface area contributed by atoms with Crippen LogP contribution in [0.25, 0.3) is 0 Å². The first-order valence-corrected chi connectivity index (χ1v) is 4.90. The van der Waals surface area contributed by atoms with Crippen LogP contribution in [0.5, 0.6) is 0 Å². The number of halogens is 1. The highest BCUT2D eigenvalue weighted by Crippen LogP contribution is 2.09. The van der Waals surface area contributed by atoms with Crippen LogP contribution in [0.1, 0.15) is 17.5 Å². The van der Waals surface area contributed by atoms with Gasteiger partial charge in [-0.3, -0.25) is 0 Å². The molecule has 3 N–H and O–H groups in total. The van der Waals surface area contributed by atoms with E-state index in [9.17, 15) is 4.39 Å². The second-order valence-electron chi connectivity index (χ2n) is 3.41. The average Bonchev–Trinajstić information content (AvgIpc) is 2.15. The summed E-state index contributed by atoms with van der Waals surface area (Å²) in [5.41, 5.74) is 7.01. The Bertz CT molecular complexity index is 287. The third kappa shape index (κ3) is 3.44. The second-order valence-corrected chi connectivity index (χ2v) is 3.41. The Labute approximate surface area is 84.3 Å². The fraction of sp³-hybridized carbons (Fsp3) is 0.455. The molecule has 0 atom stereocenters. The van der Waals surface area contributed by atoms with Crippen LogP contribution < -0.4 is 11.1 Å². The molecule has 0 fully saturated rings. The number of hydrogen-bond donors (Lipinski definition) is 2. The van der Waals surface area contributed by atoms with Crippen LogP contribution in [-0.2, 0) is 6.54 Å². The van der Waals surface area contributed by atoms with E-state index in [2.05, 4.69) is 5.32 Å². The molecule has 14 heavy (non-hydrogen) atoms. The molecule has 1 rings (SSSR count). The largest absolute Gasteiger partial charge is 0.330 e. The Morgan fingerprint density at radius 1 is 1.43 bits per heavy atom. The van der Waals surface area contributed by atoms with Gasteiger partial charge in [0, 0.05) is 12.1 Å². The van der Waals surface area contributed by atoms with Crippen molar-refractivity contribution >= 4 is 0 Å². The Balaban J connectivity index is 2.42. The fourth-order valence-corrected chi connectivity index (χ4v) is 1.25. The smallest absolute Gasteiger partial charge is 0.127 e. The third-order valence-electron chi connectivity index (χ3n) is 2.08. The molecule has 1 aromatic carbocycles. The maximum absolute atomic E-state index is 13.3. The van der Waals surface area contributed by atoms with E-state index in [1.807, 2.05) is 19.1 Å². The molecule has 0 aromatic heterocycles. The van der Waals surface area contributed by atoms with Crippen molar-refractivity contribution in [1.29, 1.82) is 0 Å². The minimum absolute atomic E-state index is 0.134. The molecule has 0 spiro atoms. The summed E-state index contributed by atoms with van der Waals surface area (Å²) in [5.74, 6) is -0.134. The van der Waals surface area contributed by atoms with Crippen LogP contribution in [0.15, 0.2) is 18.2 Å². The molecular formula is C11H17FN2. The molecule has 0 heterocycles. The summed E-state index contributed by atoms with van der Waals surface area (Å²) in [6.45, 7) is 3.97. The van der Waals surface area contributed by atoms with Crippen molar-refractivity contribution in [3.05, 3.63) is 35.1 Å². The standard InChI is InChI=1S/C11H17FN2/c1-9-3-4-10(11(12)7-9)8-14-6-2-5-13/h3-4,7,14H,2,5-6,8,13H2,1H3. The number of nitrogens with two attached hydrogens (primary N) is 1. The molecule has 1 aromatic rings. The van der Waals surface area contributed by atoms with E-state index < -0.39 is 0 Å². The maximum atomic E-state index is 13.3. The van der Waals surface area contributed by atoms with Crippen molar-refractivity contribution in [2.75, 3.05) is 13.1 Å². The lowest BCUT2D eigenvalue weighted by Crippen LogP contribution is -2.18. The molecule has 0 aliphatic heterocycles. The van der Waals surface area contributed by atoms with Gasteiger partial charge in [0.2, 0.25) is 0 Å². The van der Waals surface area contributed by atoms with Crippen molar-refractivity contribution in [3.8, 4) is 0 Å². The Kier molecular flexibility index (Phi) is 4.56. The minimum atomic E-state index is -0.134. The van der Waals surface area contributed by atoms with Gasteiger partial charge in [-0.15, -0.1) is 0 Å². The average molecular weight is 196 g/mol. The summed E-state index contributed by atoms with van der Waals surface area (Å²) < 4.78 is 13.3. The lowest BCUT2D eigenvalue weighted by Gasteiger charge is -2.05. The molecule has 0 saturated heterocycles. The molecule has 0 unspecified atom stereocenters. The van der Waals surface area contributed by atoms with E-state index in [4.69, 9.17) is 5.73 Å². The Morgan fingerprint density at radius 2 is 2.21 bits per heavy atom. The quantitative estimate of drug-likeness (QED) is 0.702. The first-order chi connectivity index (χ1) is 6.74. The third-order valence-corrected chi connectivity index (χ3v) is 2.08. The summed E-state index contributed by atoms with van der Waals surface area (Å²) in [6.07, 6.45) is 0.924. The van der Waals surface area contributed by atoms with Crippen molar-refractivity contribution in [1.82, 2.24) is 5.32 Å². The van der Waals surface area contributed by atoms with E-state index in [1.165, 1.54) is 0 Å². The molecule has 0 amide bonds. The van der Waals surface area contributed by atoms with Gasteiger partial charge in [0.1, 0.15) is 5.82 Å². The second kappa shape index (κ2) is 5.73. The van der Waals surface area contributed by atoms with Crippen molar-refractivity contribution in [2.45, 2.75) is 19.9 Å². The highest BCUT2D eigenvalue weighted by molar-refractivity contribution is 5.23. The summed E-state index contributed by atoms with van der Waals surface area (Å²) >= 11 is 0. The summed E-state index contributed by atoms with van der Waals surface area (Å²) in [4.78, 5) is 0. The molecule has 3 heteroatoms. The van der Waals surface area contributed by atoms with E-state index in [0.29, 0.717) is 18.7 Å². The summed E-state index contributed by atoms with van der Waals surface area (Å²) in [6, 6.07) is 5.29. The van der Waals surface area contributed by atoms with E-state index in [-0.39, 0.29) is 5.82 Å². The van der Waals surface area contributed by atoms with Gasteiger partial charge >= 0.3 is 0 Å². The highest BCUT2D eigenvalue weighted by Gasteiger charge is 2.00. The molecule has 0 bridgehead atoms. The Morgan fingerprint density at radius 3 is 2.86 bits per heavy atom. The molecular weight excluding hydrogens is 179 g/mol. The summed E-state index contributed by atoms with van der Waals surface area (Å²) in [5, 5.41) is 3.14. The Hall–Kier alpha value is -0.930. The van der Waals surface area contributed by atoms with Crippen LogP contribution >= 0.6 is 0 Å². The first kappa shape index (κ1) is 11.1. The number of nitrogens with one attached hydrogen (secondary N) is 1. The van der Waals surface area contributed by atoms with Crippen LogP contribution in [-0.4, -0.2) is 13.1 Å². The number of benzene rings is 1. The van der Waals surface area contributed by atoms with Gasteiger partial charge in [0.05, 0.1) is 0 Å². The first-order valence-electron chi connectivity index (χ1n) is 4.90. The molecule has 0 aliphatic rings. The zero-order chi connectivity index (χ0) is 10.4. The zero-order valence-electron chi connectivity index (χ0n) is 8.52. The molecule has 0 saturated carbocycles. The molecule has 2 nitrogen and oxygen atoms in total. The van der Waals surface area contributed by atoms with Gasteiger partial charge in [-0.05, 0) is 38.1 Å². The number of rotatable bonds is 5. The number of hydrogen-bond acceptors (Lipinski definition) is 2. The van der Waals surface area contributed by atoms with Crippen LogP contribution in [0.2, 0.25) is 0 Å². The zero-order valence-corrected chi connectivity index (χ0v) is 8.52. The molecule has 0 aliphatic carbocycles. The minimum Gasteiger partial charge on any atom is -0.330 e. The SMILES string of the molecule is Cc1ccc(CNCCCN)c(F)c1. The van der Waals surface area contributed by atoms with Gasteiger partial charge < -0.3 is 11.1 Å². The van der Waals surface area contributed by atoms with Crippen LogP contribution in [0.4, 0.5) is 4.39 Å². The van der Waals surface area contributed by atoms with E-state index in [0.717, 1.165) is 18.5 Å². The van der Waals surface area contributed by atoms with Crippen molar-refractivity contribution < 1.29 is 4.39 Å². The lowest BCUT2D eigenvalue weighted by atomic mass is 10.1. The predicted molar refractivity (Wildman–Crippen MR) is 56.5 cm³/mol. The highest BCUT2D eigenvalue weighted by atomic mass is 19.1. The van der Waals surface area contributed by atoms with Gasteiger partial charge in [0.15, 0.2) is 0 Å². The fourth-order valence-electron chi connectivity index (χ4n) is 1.25. The van der Waals surface area contributed by atoms with E-state index in [1.54, 1.807) is 6.07 Å². The van der Waals surface area contributed by atoms with Crippen molar-refractivity contribution in [2.24, 2.45) is 5.73 Å². The maximum Gasteiger partial charge on any atom is 0.127 e. The lowest BCUT2D eigenvalue weighted by molar-refractivity contribution is 0.582.